The van der Waals surface area contributed by atoms with Gasteiger partial charge < -0.3 is 14.4 Å². The molecule has 2 heterocycles. The molecule has 7 heteroatoms. The summed E-state index contributed by atoms with van der Waals surface area (Å²) in [6, 6.07) is 5.38. The van der Waals surface area contributed by atoms with E-state index in [0.717, 1.165) is 30.4 Å². The number of halogens is 1. The molecule has 1 N–H and O–H groups in total. The molecule has 1 aliphatic heterocycles. The number of hydrogen-bond acceptors (Lipinski definition) is 4. The van der Waals surface area contributed by atoms with Gasteiger partial charge in [0.2, 0.25) is 5.91 Å². The van der Waals surface area contributed by atoms with E-state index in [9.17, 15) is 14.7 Å². The van der Waals surface area contributed by atoms with Crippen molar-refractivity contribution in [2.45, 2.75) is 44.4 Å². The number of aliphatic carboxylic acids is 1. The van der Waals surface area contributed by atoms with Gasteiger partial charge in [0.1, 0.15) is 5.52 Å². The van der Waals surface area contributed by atoms with Crippen molar-refractivity contribution < 1.29 is 19.1 Å². The molecule has 1 saturated heterocycles. The summed E-state index contributed by atoms with van der Waals surface area (Å²) in [5, 5.41) is 10.0. The van der Waals surface area contributed by atoms with Crippen LogP contribution >= 0.6 is 11.6 Å². The number of aromatic nitrogens is 1. The largest absolute Gasteiger partial charge is 0.481 e. The fraction of sp³-hybridized carbons (Fsp3) is 0.526. The summed E-state index contributed by atoms with van der Waals surface area (Å²) in [4.78, 5) is 30.3. The lowest BCUT2D eigenvalue weighted by Gasteiger charge is -2.39. The van der Waals surface area contributed by atoms with Crippen molar-refractivity contribution in [1.82, 2.24) is 9.88 Å². The number of amides is 1. The Morgan fingerprint density at radius 1 is 1.31 bits per heavy atom. The molecule has 1 aromatic heterocycles. The quantitative estimate of drug-likeness (QED) is 0.876. The van der Waals surface area contributed by atoms with Crippen molar-refractivity contribution in [2.24, 2.45) is 5.41 Å². The third-order valence-electron chi connectivity index (χ3n) is 5.82. The molecule has 0 radical (unpaired) electrons. The van der Waals surface area contributed by atoms with Crippen LogP contribution in [-0.2, 0) is 9.59 Å². The SMILES string of the molecule is O=C(CC1(C(=O)O)CCC1)N1CCC(c2nc3cc(Cl)ccc3o2)CC1. The molecular weight excluding hydrogens is 356 g/mol. The van der Waals surface area contributed by atoms with Gasteiger partial charge in [-0.1, -0.05) is 18.0 Å². The van der Waals surface area contributed by atoms with E-state index in [4.69, 9.17) is 16.0 Å². The maximum atomic E-state index is 12.5. The molecule has 1 aliphatic carbocycles. The molecule has 2 aliphatic rings. The molecule has 1 saturated carbocycles. The van der Waals surface area contributed by atoms with Gasteiger partial charge in [0.15, 0.2) is 11.5 Å². The first-order valence-corrected chi connectivity index (χ1v) is 9.42. The van der Waals surface area contributed by atoms with E-state index in [-0.39, 0.29) is 18.2 Å². The van der Waals surface area contributed by atoms with E-state index in [1.165, 1.54) is 0 Å². The Hall–Kier alpha value is -2.08. The zero-order chi connectivity index (χ0) is 18.3. The number of hydrogen-bond donors (Lipinski definition) is 1. The smallest absolute Gasteiger partial charge is 0.310 e. The molecular formula is C19H21ClN2O4. The second-order valence-electron chi connectivity index (χ2n) is 7.44. The fourth-order valence-electron chi connectivity index (χ4n) is 3.94. The molecule has 1 amide bonds. The number of rotatable bonds is 4. The standard InChI is InChI=1S/C19H21ClN2O4/c20-13-2-3-15-14(10-13)21-17(26-15)12-4-8-22(9-5-12)16(23)11-19(18(24)25)6-1-7-19/h2-3,10,12H,1,4-9,11H2,(H,24,25). The maximum Gasteiger partial charge on any atom is 0.310 e. The minimum Gasteiger partial charge on any atom is -0.481 e. The molecule has 6 nitrogen and oxygen atoms in total. The van der Waals surface area contributed by atoms with Gasteiger partial charge in [-0.25, -0.2) is 4.98 Å². The Morgan fingerprint density at radius 3 is 2.65 bits per heavy atom. The zero-order valence-corrected chi connectivity index (χ0v) is 15.2. The van der Waals surface area contributed by atoms with Crippen LogP contribution in [0.4, 0.5) is 0 Å². The van der Waals surface area contributed by atoms with E-state index in [2.05, 4.69) is 4.98 Å². The number of piperidine rings is 1. The van der Waals surface area contributed by atoms with Crippen molar-refractivity contribution in [2.75, 3.05) is 13.1 Å². The van der Waals surface area contributed by atoms with Gasteiger partial charge in [0.25, 0.3) is 0 Å². The average molecular weight is 377 g/mol. The van der Waals surface area contributed by atoms with Crippen LogP contribution in [0.3, 0.4) is 0 Å². The molecule has 26 heavy (non-hydrogen) atoms. The van der Waals surface area contributed by atoms with Gasteiger partial charge in [0.05, 0.1) is 5.41 Å². The van der Waals surface area contributed by atoms with Crippen LogP contribution in [0.5, 0.6) is 0 Å². The molecule has 2 fully saturated rings. The van der Waals surface area contributed by atoms with Crippen LogP contribution in [-0.4, -0.2) is 40.0 Å². The van der Waals surface area contributed by atoms with Crippen LogP contribution in [0.25, 0.3) is 11.1 Å². The first-order valence-electron chi connectivity index (χ1n) is 9.04. The van der Waals surface area contributed by atoms with Crippen LogP contribution in [0.15, 0.2) is 22.6 Å². The molecule has 4 rings (SSSR count). The zero-order valence-electron chi connectivity index (χ0n) is 14.4. The minimum atomic E-state index is -0.836. The van der Waals surface area contributed by atoms with Gasteiger partial charge >= 0.3 is 5.97 Å². The van der Waals surface area contributed by atoms with Gasteiger partial charge in [-0.2, -0.15) is 0 Å². The minimum absolute atomic E-state index is 0.0464. The molecule has 138 valence electrons. The number of carbonyl (C=O) groups is 2. The summed E-state index contributed by atoms with van der Waals surface area (Å²) in [7, 11) is 0. The Bertz CT molecular complexity index is 850. The summed E-state index contributed by atoms with van der Waals surface area (Å²) in [5.74, 6) is -0.0234. The number of carboxylic acid groups (broad SMARTS) is 1. The van der Waals surface area contributed by atoms with Gasteiger partial charge in [-0.3, -0.25) is 9.59 Å². The summed E-state index contributed by atoms with van der Waals surface area (Å²) >= 11 is 5.99. The second-order valence-corrected chi connectivity index (χ2v) is 7.87. The van der Waals surface area contributed by atoms with Crippen molar-refractivity contribution in [3.63, 3.8) is 0 Å². The molecule has 0 spiro atoms. The molecule has 0 unspecified atom stereocenters. The second kappa shape index (κ2) is 6.58. The van der Waals surface area contributed by atoms with Crippen LogP contribution in [0, 0.1) is 5.41 Å². The fourth-order valence-corrected chi connectivity index (χ4v) is 4.11. The first-order chi connectivity index (χ1) is 12.5. The molecule has 2 aromatic rings. The number of nitrogens with zero attached hydrogens (tertiary/aromatic N) is 2. The van der Waals surface area contributed by atoms with Gasteiger partial charge in [0, 0.05) is 30.5 Å². The predicted molar refractivity (Wildman–Crippen MR) is 96.1 cm³/mol. The molecule has 1 aromatic carbocycles. The van der Waals surface area contributed by atoms with Crippen LogP contribution < -0.4 is 0 Å². The topological polar surface area (TPSA) is 83.6 Å². The van der Waals surface area contributed by atoms with E-state index < -0.39 is 11.4 Å². The highest BCUT2D eigenvalue weighted by molar-refractivity contribution is 6.31. The van der Waals surface area contributed by atoms with E-state index >= 15 is 0 Å². The van der Waals surface area contributed by atoms with E-state index in [0.29, 0.717) is 36.8 Å². The summed E-state index contributed by atoms with van der Waals surface area (Å²) in [6.07, 6.45) is 3.77. The summed E-state index contributed by atoms with van der Waals surface area (Å²) in [6.45, 7) is 1.22. The number of carbonyl (C=O) groups excluding carboxylic acids is 1. The average Bonchev–Trinajstić information content (AvgIpc) is 3.00. The van der Waals surface area contributed by atoms with Crippen molar-refractivity contribution in [1.29, 1.82) is 0 Å². The Balaban J connectivity index is 1.38. The van der Waals surface area contributed by atoms with E-state index in [1.54, 1.807) is 17.0 Å². The Morgan fingerprint density at radius 2 is 2.04 bits per heavy atom. The Kier molecular flexibility index (Phi) is 4.39. The lowest BCUT2D eigenvalue weighted by Crippen LogP contribution is -2.45. The highest BCUT2D eigenvalue weighted by Gasteiger charge is 2.46. The van der Waals surface area contributed by atoms with Crippen LogP contribution in [0.1, 0.15) is 50.3 Å². The number of likely N-dealkylation sites (tertiary alicyclic amines) is 1. The third-order valence-corrected chi connectivity index (χ3v) is 6.05. The normalized spacial score (nSPS) is 20.1. The summed E-state index contributed by atoms with van der Waals surface area (Å²) in [5.41, 5.74) is 0.642. The summed E-state index contributed by atoms with van der Waals surface area (Å²) < 4.78 is 5.85. The lowest BCUT2D eigenvalue weighted by atomic mass is 9.66. The maximum absolute atomic E-state index is 12.5. The predicted octanol–water partition coefficient (Wildman–Crippen LogP) is 3.83. The van der Waals surface area contributed by atoms with Gasteiger partial charge in [-0.05, 0) is 43.9 Å². The molecule has 0 bridgehead atoms. The number of oxazole rings is 1. The van der Waals surface area contributed by atoms with Crippen molar-refractivity contribution in [3.8, 4) is 0 Å². The highest BCUT2D eigenvalue weighted by Crippen LogP contribution is 2.45. The lowest BCUT2D eigenvalue weighted by molar-refractivity contribution is -0.159. The van der Waals surface area contributed by atoms with Crippen molar-refractivity contribution in [3.05, 3.63) is 29.1 Å². The first kappa shape index (κ1) is 17.3. The number of carboxylic acids is 1. The monoisotopic (exact) mass is 376 g/mol. The van der Waals surface area contributed by atoms with E-state index in [1.807, 2.05) is 6.07 Å². The van der Waals surface area contributed by atoms with Crippen molar-refractivity contribution >= 4 is 34.6 Å². The Labute approximate surface area is 156 Å². The third kappa shape index (κ3) is 3.07. The highest BCUT2D eigenvalue weighted by atomic mass is 35.5. The molecule has 0 atom stereocenters. The van der Waals surface area contributed by atoms with Gasteiger partial charge in [-0.15, -0.1) is 0 Å². The number of fused-ring (bicyclic) bond motifs is 1. The number of benzene rings is 1. The van der Waals surface area contributed by atoms with Crippen LogP contribution in [0.2, 0.25) is 5.02 Å².